The second kappa shape index (κ2) is 7.55. The van der Waals surface area contributed by atoms with Gasteiger partial charge < -0.3 is 10.1 Å². The summed E-state index contributed by atoms with van der Waals surface area (Å²) in [5, 5.41) is 2.87. The lowest BCUT2D eigenvalue weighted by Gasteiger charge is -2.35. The van der Waals surface area contributed by atoms with E-state index in [1.165, 1.54) is 12.1 Å². The molecule has 0 saturated carbocycles. The molecule has 1 aromatic rings. The Bertz CT molecular complexity index is 622. The smallest absolute Gasteiger partial charge is 0.214 e. The first-order valence-electron chi connectivity index (χ1n) is 7.77. The maximum Gasteiger partial charge on any atom is 0.214 e. The Hall–Kier alpha value is -1.25. The summed E-state index contributed by atoms with van der Waals surface area (Å²) in [5.74, 6) is -0.233. The molecule has 0 bridgehead atoms. The SMILES string of the molecule is CC1(C)CCCC(CS(=O)(=O)NCCNc2cccc(F)n2)O1. The van der Waals surface area contributed by atoms with Crippen molar-refractivity contribution in [1.29, 1.82) is 0 Å². The molecular formula is C15H24FN3O3S. The summed E-state index contributed by atoms with van der Waals surface area (Å²) in [6.07, 6.45) is 2.41. The molecular weight excluding hydrogens is 321 g/mol. The van der Waals surface area contributed by atoms with Crippen molar-refractivity contribution < 1.29 is 17.5 Å². The lowest BCUT2D eigenvalue weighted by Crippen LogP contribution is -2.42. The summed E-state index contributed by atoms with van der Waals surface area (Å²) in [6, 6.07) is 4.41. The average Bonchev–Trinajstić information content (AvgIpc) is 2.42. The van der Waals surface area contributed by atoms with Gasteiger partial charge in [0.25, 0.3) is 0 Å². The lowest BCUT2D eigenvalue weighted by atomic mass is 9.96. The molecule has 1 fully saturated rings. The molecule has 1 unspecified atom stereocenters. The van der Waals surface area contributed by atoms with Gasteiger partial charge in [0.05, 0.1) is 17.5 Å². The van der Waals surface area contributed by atoms with Crippen LogP contribution in [0.3, 0.4) is 0 Å². The number of hydrogen-bond acceptors (Lipinski definition) is 5. The number of ether oxygens (including phenoxy) is 1. The van der Waals surface area contributed by atoms with Crippen LogP contribution in [0.4, 0.5) is 10.2 Å². The van der Waals surface area contributed by atoms with Gasteiger partial charge in [-0.1, -0.05) is 6.07 Å². The van der Waals surface area contributed by atoms with Crippen LogP contribution < -0.4 is 10.0 Å². The van der Waals surface area contributed by atoms with Gasteiger partial charge in [0, 0.05) is 13.1 Å². The normalized spacial score (nSPS) is 21.1. The number of anilines is 1. The first-order valence-corrected chi connectivity index (χ1v) is 9.43. The predicted molar refractivity (Wildman–Crippen MR) is 87.3 cm³/mol. The van der Waals surface area contributed by atoms with Gasteiger partial charge in [0.15, 0.2) is 0 Å². The van der Waals surface area contributed by atoms with Crippen molar-refractivity contribution in [3.63, 3.8) is 0 Å². The molecule has 0 aromatic carbocycles. The van der Waals surface area contributed by atoms with Crippen molar-refractivity contribution >= 4 is 15.8 Å². The van der Waals surface area contributed by atoms with Crippen LogP contribution in [0.2, 0.25) is 0 Å². The minimum atomic E-state index is -3.40. The van der Waals surface area contributed by atoms with Gasteiger partial charge in [-0.2, -0.15) is 4.39 Å². The van der Waals surface area contributed by atoms with E-state index in [1.54, 1.807) is 6.07 Å². The Balaban J connectivity index is 1.73. The van der Waals surface area contributed by atoms with Crippen molar-refractivity contribution in [2.24, 2.45) is 0 Å². The molecule has 0 aliphatic carbocycles. The first kappa shape index (κ1) is 18.1. The van der Waals surface area contributed by atoms with Crippen LogP contribution in [0.5, 0.6) is 0 Å². The van der Waals surface area contributed by atoms with E-state index in [2.05, 4.69) is 15.0 Å². The summed E-state index contributed by atoms with van der Waals surface area (Å²) >= 11 is 0. The summed E-state index contributed by atoms with van der Waals surface area (Å²) in [6.45, 7) is 4.49. The third kappa shape index (κ3) is 6.40. The molecule has 0 amide bonds. The van der Waals surface area contributed by atoms with Crippen LogP contribution in [0, 0.1) is 5.95 Å². The number of halogens is 1. The molecule has 130 valence electrons. The zero-order chi connectivity index (χ0) is 16.9. The maximum absolute atomic E-state index is 12.9. The average molecular weight is 345 g/mol. The molecule has 2 rings (SSSR count). The van der Waals surface area contributed by atoms with Crippen LogP contribution in [-0.2, 0) is 14.8 Å². The van der Waals surface area contributed by atoms with E-state index in [4.69, 9.17) is 4.74 Å². The summed E-state index contributed by atoms with van der Waals surface area (Å²) in [4.78, 5) is 3.64. The highest BCUT2D eigenvalue weighted by Crippen LogP contribution is 2.28. The van der Waals surface area contributed by atoms with Gasteiger partial charge in [0.2, 0.25) is 16.0 Å². The van der Waals surface area contributed by atoms with Crippen molar-refractivity contribution in [2.75, 3.05) is 24.2 Å². The topological polar surface area (TPSA) is 80.3 Å². The largest absolute Gasteiger partial charge is 0.371 e. The zero-order valence-electron chi connectivity index (χ0n) is 13.5. The molecule has 6 nitrogen and oxygen atoms in total. The van der Waals surface area contributed by atoms with Crippen LogP contribution in [0.15, 0.2) is 18.2 Å². The molecule has 2 N–H and O–H groups in total. The fourth-order valence-corrected chi connectivity index (χ4v) is 3.90. The number of nitrogens with zero attached hydrogens (tertiary/aromatic N) is 1. The highest BCUT2D eigenvalue weighted by Gasteiger charge is 2.31. The van der Waals surface area contributed by atoms with Crippen molar-refractivity contribution in [3.8, 4) is 0 Å². The van der Waals surface area contributed by atoms with Gasteiger partial charge in [-0.15, -0.1) is 0 Å². The van der Waals surface area contributed by atoms with Crippen LogP contribution >= 0.6 is 0 Å². The molecule has 0 radical (unpaired) electrons. The number of nitrogens with one attached hydrogen (secondary N) is 2. The number of pyridine rings is 1. The van der Waals surface area contributed by atoms with E-state index in [9.17, 15) is 12.8 Å². The van der Waals surface area contributed by atoms with E-state index >= 15 is 0 Å². The predicted octanol–water partition coefficient (Wildman–Crippen LogP) is 1.90. The fourth-order valence-electron chi connectivity index (χ4n) is 2.65. The fraction of sp³-hybridized carbons (Fsp3) is 0.667. The van der Waals surface area contributed by atoms with Gasteiger partial charge >= 0.3 is 0 Å². The molecule has 1 saturated heterocycles. The molecule has 8 heteroatoms. The van der Waals surface area contributed by atoms with E-state index in [0.29, 0.717) is 12.4 Å². The minimum absolute atomic E-state index is 0.0331. The molecule has 2 heterocycles. The van der Waals surface area contributed by atoms with Gasteiger partial charge in [-0.3, -0.25) is 0 Å². The molecule has 1 aromatic heterocycles. The summed E-state index contributed by atoms with van der Waals surface area (Å²) < 4.78 is 45.4. The Morgan fingerprint density at radius 1 is 1.39 bits per heavy atom. The molecule has 23 heavy (non-hydrogen) atoms. The van der Waals surface area contributed by atoms with E-state index in [0.717, 1.165) is 19.3 Å². The third-order valence-corrected chi connectivity index (χ3v) is 5.12. The van der Waals surface area contributed by atoms with E-state index < -0.39 is 16.0 Å². The number of aromatic nitrogens is 1. The van der Waals surface area contributed by atoms with Gasteiger partial charge in [-0.05, 0) is 45.2 Å². The highest BCUT2D eigenvalue weighted by atomic mass is 32.2. The molecule has 0 spiro atoms. The summed E-state index contributed by atoms with van der Waals surface area (Å²) in [7, 11) is -3.40. The number of sulfonamides is 1. The first-order chi connectivity index (χ1) is 10.8. The Morgan fingerprint density at radius 3 is 2.87 bits per heavy atom. The number of rotatable bonds is 7. The molecule has 1 aliphatic rings. The Kier molecular flexibility index (Phi) is 5.94. The third-order valence-electron chi connectivity index (χ3n) is 3.66. The van der Waals surface area contributed by atoms with Crippen LogP contribution in [0.1, 0.15) is 33.1 Å². The van der Waals surface area contributed by atoms with Gasteiger partial charge in [-0.25, -0.2) is 18.1 Å². The Labute approximate surface area is 136 Å². The standard InChI is InChI=1S/C15H24FN3O3S/c1-15(2)8-4-5-12(22-15)11-23(20,21)18-10-9-17-14-7-3-6-13(16)19-14/h3,6-7,12,18H,4-5,8-11H2,1-2H3,(H,17,19). The van der Waals surface area contributed by atoms with Crippen molar-refractivity contribution in [2.45, 2.75) is 44.8 Å². The Morgan fingerprint density at radius 2 is 2.17 bits per heavy atom. The second-order valence-electron chi connectivity index (χ2n) is 6.34. The quantitative estimate of drug-likeness (QED) is 0.583. The van der Waals surface area contributed by atoms with E-state index in [1.807, 2.05) is 13.8 Å². The minimum Gasteiger partial charge on any atom is -0.371 e. The maximum atomic E-state index is 12.9. The summed E-state index contributed by atoms with van der Waals surface area (Å²) in [5.41, 5.74) is -0.261. The van der Waals surface area contributed by atoms with Crippen LogP contribution in [-0.4, -0.2) is 43.9 Å². The molecule has 1 atom stereocenters. The second-order valence-corrected chi connectivity index (χ2v) is 8.19. The van der Waals surface area contributed by atoms with E-state index in [-0.39, 0.29) is 24.0 Å². The van der Waals surface area contributed by atoms with Gasteiger partial charge in [0.1, 0.15) is 5.82 Å². The van der Waals surface area contributed by atoms with Crippen molar-refractivity contribution in [3.05, 3.63) is 24.1 Å². The lowest BCUT2D eigenvalue weighted by molar-refractivity contribution is -0.0964. The molecule has 1 aliphatic heterocycles. The zero-order valence-corrected chi connectivity index (χ0v) is 14.3. The number of hydrogen-bond donors (Lipinski definition) is 2. The van der Waals surface area contributed by atoms with Crippen molar-refractivity contribution in [1.82, 2.24) is 9.71 Å². The monoisotopic (exact) mass is 345 g/mol. The van der Waals surface area contributed by atoms with Crippen LogP contribution in [0.25, 0.3) is 0 Å². The highest BCUT2D eigenvalue weighted by molar-refractivity contribution is 7.89.